The first-order valence-corrected chi connectivity index (χ1v) is 8.56. The molecule has 0 aromatic heterocycles. The number of nitrogens with one attached hydrogen (secondary N) is 1. The molecular weight excluding hydrogens is 314 g/mol. The van der Waals surface area contributed by atoms with Crippen LogP contribution in [0, 0.1) is 13.8 Å². The molecule has 1 saturated carbocycles. The molecule has 0 amide bonds. The number of anilines is 1. The maximum atomic E-state index is 6.36. The van der Waals surface area contributed by atoms with E-state index in [1.807, 2.05) is 0 Å². The fraction of sp³-hybridized carbons (Fsp3) is 0.647. The minimum absolute atomic E-state index is 0.246. The van der Waals surface area contributed by atoms with Gasteiger partial charge in [-0.25, -0.2) is 0 Å². The van der Waals surface area contributed by atoms with Gasteiger partial charge in [-0.3, -0.25) is 0 Å². The van der Waals surface area contributed by atoms with Crippen LogP contribution in [0.1, 0.15) is 49.7 Å². The summed E-state index contributed by atoms with van der Waals surface area (Å²) in [4.78, 5) is 0. The van der Waals surface area contributed by atoms with Gasteiger partial charge in [-0.1, -0.05) is 28.8 Å². The fourth-order valence-corrected chi connectivity index (χ4v) is 4.52. The molecule has 1 aromatic rings. The molecule has 3 rings (SSSR count). The van der Waals surface area contributed by atoms with Crippen LogP contribution in [0.2, 0.25) is 0 Å². The molecule has 20 heavy (non-hydrogen) atoms. The van der Waals surface area contributed by atoms with Gasteiger partial charge in [-0.2, -0.15) is 0 Å². The van der Waals surface area contributed by atoms with E-state index in [-0.39, 0.29) is 5.60 Å². The summed E-state index contributed by atoms with van der Waals surface area (Å²) < 4.78 is 7.52. The third kappa shape index (κ3) is 2.89. The lowest BCUT2D eigenvalue weighted by atomic mass is 9.98. The first kappa shape index (κ1) is 14.4. The first-order valence-electron chi connectivity index (χ1n) is 7.76. The van der Waals surface area contributed by atoms with E-state index in [1.54, 1.807) is 0 Å². The van der Waals surface area contributed by atoms with Gasteiger partial charge < -0.3 is 10.1 Å². The second-order valence-electron chi connectivity index (χ2n) is 6.46. The molecule has 1 aromatic carbocycles. The maximum absolute atomic E-state index is 6.36. The molecule has 1 heterocycles. The minimum atomic E-state index is 0.246. The van der Waals surface area contributed by atoms with E-state index in [2.05, 4.69) is 47.2 Å². The van der Waals surface area contributed by atoms with E-state index in [4.69, 9.17) is 4.74 Å². The number of hydrogen-bond donors (Lipinski definition) is 1. The minimum Gasteiger partial charge on any atom is -0.382 e. The lowest BCUT2D eigenvalue weighted by Gasteiger charge is -2.24. The Morgan fingerprint density at radius 1 is 1.20 bits per heavy atom. The standard InChI is InChI=1S/C17H24BrNO/c1-12-9-14(18)10-13(2)16(12)19-11-15-5-8-17(20-15)6-3-4-7-17/h9-10,15,19H,3-8,11H2,1-2H3. The molecule has 0 bridgehead atoms. The van der Waals surface area contributed by atoms with Crippen LogP contribution in [0.25, 0.3) is 0 Å². The molecule has 1 spiro atoms. The molecule has 3 heteroatoms. The van der Waals surface area contributed by atoms with Crippen LogP contribution in [0.3, 0.4) is 0 Å². The number of rotatable bonds is 3. The zero-order valence-corrected chi connectivity index (χ0v) is 14.1. The highest BCUT2D eigenvalue weighted by Crippen LogP contribution is 2.43. The third-order valence-electron chi connectivity index (χ3n) is 4.86. The summed E-state index contributed by atoms with van der Waals surface area (Å²) in [7, 11) is 0. The summed E-state index contributed by atoms with van der Waals surface area (Å²) in [5.74, 6) is 0. The Kier molecular flexibility index (Phi) is 4.09. The highest BCUT2D eigenvalue weighted by molar-refractivity contribution is 9.10. The molecule has 1 unspecified atom stereocenters. The Morgan fingerprint density at radius 3 is 2.50 bits per heavy atom. The van der Waals surface area contributed by atoms with Crippen molar-refractivity contribution in [3.63, 3.8) is 0 Å². The maximum Gasteiger partial charge on any atom is 0.0756 e. The summed E-state index contributed by atoms with van der Waals surface area (Å²) in [6.45, 7) is 5.26. The van der Waals surface area contributed by atoms with E-state index in [0.29, 0.717) is 6.10 Å². The number of benzene rings is 1. The molecule has 1 atom stereocenters. The topological polar surface area (TPSA) is 21.3 Å². The Balaban J connectivity index is 1.61. The molecule has 1 aliphatic carbocycles. The number of ether oxygens (including phenoxy) is 1. The van der Waals surface area contributed by atoms with Gasteiger partial charge in [0, 0.05) is 16.7 Å². The van der Waals surface area contributed by atoms with Gasteiger partial charge in [0.05, 0.1) is 11.7 Å². The van der Waals surface area contributed by atoms with Crippen LogP contribution in [0.15, 0.2) is 16.6 Å². The summed E-state index contributed by atoms with van der Waals surface area (Å²) in [6.07, 6.45) is 8.12. The predicted molar refractivity (Wildman–Crippen MR) is 87.4 cm³/mol. The molecule has 0 radical (unpaired) electrons. The van der Waals surface area contributed by atoms with E-state index in [9.17, 15) is 0 Å². The largest absolute Gasteiger partial charge is 0.382 e. The van der Waals surface area contributed by atoms with E-state index < -0.39 is 0 Å². The van der Waals surface area contributed by atoms with Crippen molar-refractivity contribution in [2.45, 2.75) is 64.1 Å². The van der Waals surface area contributed by atoms with Crippen molar-refractivity contribution in [1.82, 2.24) is 0 Å². The number of aryl methyl sites for hydroxylation is 2. The molecule has 2 nitrogen and oxygen atoms in total. The smallest absolute Gasteiger partial charge is 0.0756 e. The second kappa shape index (κ2) is 5.69. The summed E-state index contributed by atoms with van der Waals surface area (Å²) in [5.41, 5.74) is 4.11. The molecule has 1 N–H and O–H groups in total. The molecule has 2 fully saturated rings. The van der Waals surface area contributed by atoms with Crippen LogP contribution in [0.5, 0.6) is 0 Å². The zero-order chi connectivity index (χ0) is 14.2. The van der Waals surface area contributed by atoms with Crippen molar-refractivity contribution in [1.29, 1.82) is 0 Å². The zero-order valence-electron chi connectivity index (χ0n) is 12.5. The van der Waals surface area contributed by atoms with Crippen LogP contribution in [-0.4, -0.2) is 18.2 Å². The normalized spacial score (nSPS) is 24.4. The lowest BCUT2D eigenvalue weighted by Crippen LogP contribution is -2.28. The molecule has 1 saturated heterocycles. The SMILES string of the molecule is Cc1cc(Br)cc(C)c1NCC1CCC2(CCCC2)O1. The average Bonchev–Trinajstić information content (AvgIpc) is 2.99. The Hall–Kier alpha value is -0.540. The van der Waals surface area contributed by atoms with Crippen LogP contribution in [-0.2, 0) is 4.74 Å². The van der Waals surface area contributed by atoms with Gasteiger partial charge >= 0.3 is 0 Å². The first-order chi connectivity index (χ1) is 9.58. The number of hydrogen-bond acceptors (Lipinski definition) is 2. The summed E-state index contributed by atoms with van der Waals surface area (Å²) in [5, 5.41) is 3.61. The summed E-state index contributed by atoms with van der Waals surface area (Å²) in [6, 6.07) is 4.34. The van der Waals surface area contributed by atoms with Gasteiger partial charge in [0.15, 0.2) is 0 Å². The fourth-order valence-electron chi connectivity index (χ4n) is 3.83. The molecule has 1 aliphatic heterocycles. The van der Waals surface area contributed by atoms with Gasteiger partial charge in [0.2, 0.25) is 0 Å². The van der Waals surface area contributed by atoms with Crippen molar-refractivity contribution in [2.75, 3.05) is 11.9 Å². The van der Waals surface area contributed by atoms with E-state index in [1.165, 1.54) is 55.3 Å². The highest BCUT2D eigenvalue weighted by Gasteiger charge is 2.41. The van der Waals surface area contributed by atoms with Crippen molar-refractivity contribution < 1.29 is 4.74 Å². The monoisotopic (exact) mass is 337 g/mol. The predicted octanol–water partition coefficient (Wildman–Crippen LogP) is 4.97. The average molecular weight is 338 g/mol. The second-order valence-corrected chi connectivity index (χ2v) is 7.38. The third-order valence-corrected chi connectivity index (χ3v) is 5.32. The van der Waals surface area contributed by atoms with Gasteiger partial charge in [0.1, 0.15) is 0 Å². The van der Waals surface area contributed by atoms with Crippen LogP contribution < -0.4 is 5.32 Å². The van der Waals surface area contributed by atoms with Crippen molar-refractivity contribution in [2.24, 2.45) is 0 Å². The molecule has 110 valence electrons. The lowest BCUT2D eigenvalue weighted by molar-refractivity contribution is -0.0307. The van der Waals surface area contributed by atoms with Crippen LogP contribution in [0.4, 0.5) is 5.69 Å². The quantitative estimate of drug-likeness (QED) is 0.840. The van der Waals surface area contributed by atoms with Crippen LogP contribution >= 0.6 is 15.9 Å². The van der Waals surface area contributed by atoms with E-state index in [0.717, 1.165) is 11.0 Å². The Morgan fingerprint density at radius 2 is 1.85 bits per heavy atom. The van der Waals surface area contributed by atoms with Gasteiger partial charge in [0.25, 0.3) is 0 Å². The van der Waals surface area contributed by atoms with E-state index >= 15 is 0 Å². The number of halogens is 1. The molecular formula is C17H24BrNO. The summed E-state index contributed by atoms with van der Waals surface area (Å²) >= 11 is 3.55. The Bertz CT molecular complexity index is 471. The van der Waals surface area contributed by atoms with Gasteiger partial charge in [-0.15, -0.1) is 0 Å². The van der Waals surface area contributed by atoms with Crippen molar-refractivity contribution in [3.8, 4) is 0 Å². The van der Waals surface area contributed by atoms with Crippen molar-refractivity contribution >= 4 is 21.6 Å². The van der Waals surface area contributed by atoms with Gasteiger partial charge in [-0.05, 0) is 62.8 Å². The highest BCUT2D eigenvalue weighted by atomic mass is 79.9. The Labute approximate surface area is 130 Å². The van der Waals surface area contributed by atoms with Crippen molar-refractivity contribution in [3.05, 3.63) is 27.7 Å². The molecule has 2 aliphatic rings.